The predicted molar refractivity (Wildman–Crippen MR) is 61.5 cm³/mol. The maximum absolute atomic E-state index is 13.5. The molecule has 1 fully saturated rings. The lowest BCUT2D eigenvalue weighted by Crippen LogP contribution is -2.26. The molecule has 0 aliphatic carbocycles. The van der Waals surface area contributed by atoms with E-state index in [9.17, 15) is 18.8 Å². The minimum atomic E-state index is -1.40. The van der Waals surface area contributed by atoms with Crippen molar-refractivity contribution in [2.75, 3.05) is 11.4 Å². The number of rotatable bonds is 3. The molecule has 2 rings (SSSR count). The summed E-state index contributed by atoms with van der Waals surface area (Å²) in [4.78, 5) is 34.3. The van der Waals surface area contributed by atoms with Crippen molar-refractivity contribution in [2.24, 2.45) is 5.92 Å². The van der Waals surface area contributed by atoms with E-state index in [1.165, 1.54) is 6.07 Å². The number of amides is 1. The fraction of sp³-hybridized carbons (Fsp3) is 0.250. The lowest BCUT2D eigenvalue weighted by Gasteiger charge is -2.16. The Labute approximate surface area is 107 Å². The first kappa shape index (κ1) is 13.0. The number of carbonyl (C=O) groups excluding carboxylic acids is 1. The first-order valence-corrected chi connectivity index (χ1v) is 5.46. The Balaban J connectivity index is 2.28. The van der Waals surface area contributed by atoms with Gasteiger partial charge in [-0.2, -0.15) is 0 Å². The quantitative estimate of drug-likeness (QED) is 0.850. The van der Waals surface area contributed by atoms with Gasteiger partial charge in [-0.25, -0.2) is 9.18 Å². The Morgan fingerprint density at radius 2 is 2.00 bits per heavy atom. The van der Waals surface area contributed by atoms with E-state index in [1.54, 1.807) is 0 Å². The minimum absolute atomic E-state index is 0.0416. The molecule has 1 aliphatic heterocycles. The highest BCUT2D eigenvalue weighted by atomic mass is 19.1. The van der Waals surface area contributed by atoms with Crippen LogP contribution in [0.4, 0.5) is 10.1 Å². The zero-order valence-corrected chi connectivity index (χ0v) is 9.67. The molecular formula is C12H10FNO5. The van der Waals surface area contributed by atoms with Crippen LogP contribution in [0.5, 0.6) is 0 Å². The normalized spacial score (nSPS) is 18.7. The fourth-order valence-corrected chi connectivity index (χ4v) is 1.97. The van der Waals surface area contributed by atoms with Gasteiger partial charge in [-0.05, 0) is 18.2 Å². The maximum atomic E-state index is 13.5. The zero-order valence-electron chi connectivity index (χ0n) is 9.67. The van der Waals surface area contributed by atoms with Gasteiger partial charge >= 0.3 is 11.9 Å². The molecule has 0 saturated carbocycles. The second-order valence-electron chi connectivity index (χ2n) is 4.21. The van der Waals surface area contributed by atoms with Gasteiger partial charge < -0.3 is 15.1 Å². The van der Waals surface area contributed by atoms with Crippen molar-refractivity contribution in [2.45, 2.75) is 6.42 Å². The van der Waals surface area contributed by atoms with E-state index >= 15 is 0 Å². The summed E-state index contributed by atoms with van der Waals surface area (Å²) < 4.78 is 13.5. The lowest BCUT2D eigenvalue weighted by atomic mass is 10.1. The average Bonchev–Trinajstić information content (AvgIpc) is 2.71. The molecule has 1 aliphatic rings. The number of aliphatic carboxylic acids is 1. The Morgan fingerprint density at radius 3 is 2.47 bits per heavy atom. The topological polar surface area (TPSA) is 94.9 Å². The third-order valence-electron chi connectivity index (χ3n) is 2.97. The van der Waals surface area contributed by atoms with E-state index in [4.69, 9.17) is 10.2 Å². The van der Waals surface area contributed by atoms with E-state index in [0.717, 1.165) is 17.0 Å². The highest BCUT2D eigenvalue weighted by Crippen LogP contribution is 2.26. The van der Waals surface area contributed by atoms with E-state index < -0.39 is 35.1 Å². The van der Waals surface area contributed by atoms with Crippen molar-refractivity contribution in [3.63, 3.8) is 0 Å². The van der Waals surface area contributed by atoms with Gasteiger partial charge in [0.1, 0.15) is 5.82 Å². The van der Waals surface area contributed by atoms with Gasteiger partial charge in [0.15, 0.2) is 0 Å². The Bertz CT molecular complexity index is 571. The van der Waals surface area contributed by atoms with Gasteiger partial charge in [-0.15, -0.1) is 0 Å². The molecule has 0 bridgehead atoms. The summed E-state index contributed by atoms with van der Waals surface area (Å²) in [7, 11) is 0. The van der Waals surface area contributed by atoms with Gasteiger partial charge in [0.25, 0.3) is 0 Å². The van der Waals surface area contributed by atoms with Gasteiger partial charge in [-0.3, -0.25) is 9.59 Å². The molecule has 19 heavy (non-hydrogen) atoms. The number of carboxylic acids is 2. The number of nitrogens with zero attached hydrogens (tertiary/aromatic N) is 1. The van der Waals surface area contributed by atoms with Crippen molar-refractivity contribution >= 4 is 23.5 Å². The van der Waals surface area contributed by atoms with Crippen LogP contribution in [0, 0.1) is 11.7 Å². The number of benzene rings is 1. The molecule has 0 radical (unpaired) electrons. The van der Waals surface area contributed by atoms with Crippen LogP contribution in [-0.4, -0.2) is 34.6 Å². The van der Waals surface area contributed by atoms with Crippen molar-refractivity contribution in [3.05, 3.63) is 29.6 Å². The number of hydrogen-bond acceptors (Lipinski definition) is 3. The summed E-state index contributed by atoms with van der Waals surface area (Å²) in [5.74, 6) is -4.69. The van der Waals surface area contributed by atoms with Crippen LogP contribution in [-0.2, 0) is 9.59 Å². The number of carboxylic acid groups (broad SMARTS) is 2. The molecule has 1 atom stereocenters. The molecule has 100 valence electrons. The van der Waals surface area contributed by atoms with Crippen LogP contribution in [0.25, 0.3) is 0 Å². The number of carbonyl (C=O) groups is 3. The lowest BCUT2D eigenvalue weighted by molar-refractivity contribution is -0.141. The van der Waals surface area contributed by atoms with E-state index in [0.29, 0.717) is 0 Å². The first-order valence-electron chi connectivity index (χ1n) is 5.46. The Hall–Kier alpha value is -2.44. The third kappa shape index (κ3) is 2.40. The van der Waals surface area contributed by atoms with Gasteiger partial charge in [0.05, 0.1) is 11.5 Å². The smallest absolute Gasteiger partial charge is 0.338 e. The second-order valence-corrected chi connectivity index (χ2v) is 4.21. The Morgan fingerprint density at radius 1 is 1.32 bits per heavy atom. The van der Waals surface area contributed by atoms with Crippen molar-refractivity contribution in [1.29, 1.82) is 0 Å². The molecule has 1 aromatic rings. The van der Waals surface area contributed by atoms with Crippen LogP contribution in [0.2, 0.25) is 0 Å². The molecule has 7 heteroatoms. The summed E-state index contributed by atoms with van der Waals surface area (Å²) >= 11 is 0. The first-order chi connectivity index (χ1) is 8.90. The Kier molecular flexibility index (Phi) is 3.20. The van der Waals surface area contributed by atoms with Crippen LogP contribution in [0.1, 0.15) is 16.8 Å². The van der Waals surface area contributed by atoms with E-state index in [1.807, 2.05) is 0 Å². The molecule has 1 unspecified atom stereocenters. The van der Waals surface area contributed by atoms with Crippen molar-refractivity contribution < 1.29 is 29.0 Å². The van der Waals surface area contributed by atoms with Crippen LogP contribution in [0.15, 0.2) is 18.2 Å². The summed E-state index contributed by atoms with van der Waals surface area (Å²) in [5.41, 5.74) is -0.332. The standard InChI is InChI=1S/C12H10FNO5/c13-9-4-7(1-2-8(9)12(18)19)14-5-6(11(16)17)3-10(14)15/h1-2,4,6H,3,5H2,(H,16,17)(H,18,19). The van der Waals surface area contributed by atoms with Crippen LogP contribution in [0.3, 0.4) is 0 Å². The molecule has 2 N–H and O–H groups in total. The molecule has 1 amide bonds. The average molecular weight is 267 g/mol. The predicted octanol–water partition coefficient (Wildman–Crippen LogP) is 0.961. The van der Waals surface area contributed by atoms with Gasteiger partial charge in [0.2, 0.25) is 5.91 Å². The summed E-state index contributed by atoms with van der Waals surface area (Å²) in [5, 5.41) is 17.5. The van der Waals surface area contributed by atoms with Crippen LogP contribution < -0.4 is 4.90 Å². The van der Waals surface area contributed by atoms with Crippen molar-refractivity contribution in [1.82, 2.24) is 0 Å². The van der Waals surface area contributed by atoms with E-state index in [2.05, 4.69) is 0 Å². The maximum Gasteiger partial charge on any atom is 0.338 e. The monoisotopic (exact) mass is 267 g/mol. The summed E-state index contributed by atoms with van der Waals surface area (Å²) in [6.45, 7) is -0.0416. The number of anilines is 1. The van der Waals surface area contributed by atoms with E-state index in [-0.39, 0.29) is 18.7 Å². The highest BCUT2D eigenvalue weighted by Gasteiger charge is 2.35. The molecule has 1 aromatic carbocycles. The zero-order chi connectivity index (χ0) is 14.2. The molecule has 0 spiro atoms. The molecule has 6 nitrogen and oxygen atoms in total. The summed E-state index contributed by atoms with van der Waals surface area (Å²) in [6, 6.07) is 3.26. The molecule has 1 heterocycles. The number of hydrogen-bond donors (Lipinski definition) is 2. The molecular weight excluding hydrogens is 257 g/mol. The SMILES string of the molecule is O=C(O)c1ccc(N2CC(C(=O)O)CC2=O)cc1F. The fourth-order valence-electron chi connectivity index (χ4n) is 1.97. The second kappa shape index (κ2) is 4.68. The number of aromatic carboxylic acids is 1. The number of halogens is 1. The molecule has 1 saturated heterocycles. The van der Waals surface area contributed by atoms with Crippen molar-refractivity contribution in [3.8, 4) is 0 Å². The summed E-state index contributed by atoms with van der Waals surface area (Å²) in [6.07, 6.45) is -0.141. The molecule has 0 aromatic heterocycles. The van der Waals surface area contributed by atoms with Gasteiger partial charge in [0, 0.05) is 18.7 Å². The highest BCUT2D eigenvalue weighted by molar-refractivity contribution is 5.99. The van der Waals surface area contributed by atoms with Crippen LogP contribution >= 0.6 is 0 Å². The largest absolute Gasteiger partial charge is 0.481 e. The van der Waals surface area contributed by atoms with Gasteiger partial charge in [-0.1, -0.05) is 0 Å². The third-order valence-corrected chi connectivity index (χ3v) is 2.97. The minimum Gasteiger partial charge on any atom is -0.481 e.